The molecule has 0 aliphatic heterocycles. The molecule has 0 atom stereocenters. The number of amides is 1. The van der Waals surface area contributed by atoms with Crippen LogP contribution in [-0.4, -0.2) is 31.7 Å². The minimum atomic E-state index is -0.550. The molecule has 23 heavy (non-hydrogen) atoms. The number of fused-ring (bicyclic) bond motifs is 1. The van der Waals surface area contributed by atoms with Crippen LogP contribution in [0.2, 0.25) is 0 Å². The Balaban J connectivity index is 1.75. The number of nitrogens with zero attached hydrogens (tertiary/aromatic N) is 5. The molecule has 0 saturated heterocycles. The van der Waals surface area contributed by atoms with Gasteiger partial charge in [0.15, 0.2) is 0 Å². The van der Waals surface area contributed by atoms with Crippen LogP contribution in [0.25, 0.3) is 5.78 Å². The van der Waals surface area contributed by atoms with Crippen molar-refractivity contribution in [2.24, 2.45) is 5.10 Å². The Bertz CT molecular complexity index is 900. The quantitative estimate of drug-likeness (QED) is 0.588. The van der Waals surface area contributed by atoms with Gasteiger partial charge in [0.2, 0.25) is 5.82 Å². The van der Waals surface area contributed by atoms with Gasteiger partial charge in [0.05, 0.1) is 6.21 Å². The van der Waals surface area contributed by atoms with Crippen LogP contribution >= 0.6 is 0 Å². The molecule has 7 nitrogen and oxygen atoms in total. The van der Waals surface area contributed by atoms with E-state index in [9.17, 15) is 9.18 Å². The fraction of sp³-hybridized carbons (Fsp3) is 0.133. The van der Waals surface area contributed by atoms with Crippen LogP contribution in [0.15, 0.2) is 35.4 Å². The zero-order valence-corrected chi connectivity index (χ0v) is 12.5. The first kappa shape index (κ1) is 14.8. The maximum absolute atomic E-state index is 12.8. The number of benzene rings is 1. The third-order valence-corrected chi connectivity index (χ3v) is 3.07. The molecule has 0 unspecified atom stereocenters. The van der Waals surface area contributed by atoms with Crippen molar-refractivity contribution in [2.45, 2.75) is 13.8 Å². The lowest BCUT2D eigenvalue weighted by atomic mass is 10.2. The first-order valence-corrected chi connectivity index (χ1v) is 6.83. The van der Waals surface area contributed by atoms with Crippen molar-refractivity contribution in [1.82, 2.24) is 25.0 Å². The predicted octanol–water partition coefficient (Wildman–Crippen LogP) is 1.64. The Hall–Kier alpha value is -3.16. The molecule has 116 valence electrons. The van der Waals surface area contributed by atoms with Crippen molar-refractivity contribution in [3.8, 4) is 0 Å². The van der Waals surface area contributed by atoms with E-state index in [2.05, 4.69) is 25.6 Å². The molecule has 1 amide bonds. The Morgan fingerprint density at radius 1 is 1.26 bits per heavy atom. The fourth-order valence-electron chi connectivity index (χ4n) is 2.03. The van der Waals surface area contributed by atoms with Crippen LogP contribution in [0, 0.1) is 19.7 Å². The summed E-state index contributed by atoms with van der Waals surface area (Å²) in [6, 6.07) is 7.55. The summed E-state index contributed by atoms with van der Waals surface area (Å²) in [5.74, 6) is -0.554. The number of nitrogens with one attached hydrogen (secondary N) is 1. The van der Waals surface area contributed by atoms with Crippen molar-refractivity contribution in [3.63, 3.8) is 0 Å². The van der Waals surface area contributed by atoms with Gasteiger partial charge in [0.1, 0.15) is 5.82 Å². The van der Waals surface area contributed by atoms with E-state index in [-0.39, 0.29) is 11.6 Å². The summed E-state index contributed by atoms with van der Waals surface area (Å²) in [6.07, 6.45) is 1.40. The van der Waals surface area contributed by atoms with Gasteiger partial charge in [-0.2, -0.15) is 10.1 Å². The number of rotatable bonds is 3. The molecule has 0 saturated carbocycles. The second-order valence-electron chi connectivity index (χ2n) is 4.94. The van der Waals surface area contributed by atoms with Gasteiger partial charge < -0.3 is 0 Å². The van der Waals surface area contributed by atoms with Crippen LogP contribution in [0.3, 0.4) is 0 Å². The monoisotopic (exact) mass is 312 g/mol. The molecule has 1 aromatic carbocycles. The molecule has 0 bridgehead atoms. The van der Waals surface area contributed by atoms with Crippen LogP contribution in [0.1, 0.15) is 27.6 Å². The minimum absolute atomic E-state index is 0.0255. The summed E-state index contributed by atoms with van der Waals surface area (Å²) < 4.78 is 14.3. The molecular formula is C15H13FN6O. The highest BCUT2D eigenvalue weighted by atomic mass is 19.1. The molecule has 1 N–H and O–H groups in total. The van der Waals surface area contributed by atoms with E-state index in [0.717, 1.165) is 11.4 Å². The zero-order chi connectivity index (χ0) is 16.4. The first-order chi connectivity index (χ1) is 11.0. The minimum Gasteiger partial charge on any atom is -0.264 e. The lowest BCUT2D eigenvalue weighted by Crippen LogP contribution is -2.19. The highest BCUT2D eigenvalue weighted by molar-refractivity contribution is 5.91. The van der Waals surface area contributed by atoms with E-state index in [0.29, 0.717) is 11.3 Å². The van der Waals surface area contributed by atoms with E-state index in [4.69, 9.17) is 0 Å². The number of hydrogen-bond donors (Lipinski definition) is 1. The molecule has 2 heterocycles. The third kappa shape index (κ3) is 3.20. The predicted molar refractivity (Wildman–Crippen MR) is 81.7 cm³/mol. The molecule has 3 aromatic rings. The van der Waals surface area contributed by atoms with E-state index in [1.807, 2.05) is 19.9 Å². The molecule has 0 aliphatic rings. The maximum Gasteiger partial charge on any atom is 0.311 e. The Labute approximate surface area is 130 Å². The standard InChI is InChI=1S/C15H13FN6O/c1-9-7-10(2)22-15(18-9)19-13(21-22)14(23)20-17-8-11-3-5-12(16)6-4-11/h3-8H,1-2H3,(H,20,23). The summed E-state index contributed by atoms with van der Waals surface area (Å²) in [4.78, 5) is 20.3. The Morgan fingerprint density at radius 2 is 2.00 bits per heavy atom. The highest BCUT2D eigenvalue weighted by Gasteiger charge is 2.14. The van der Waals surface area contributed by atoms with Crippen LogP contribution in [-0.2, 0) is 0 Å². The topological polar surface area (TPSA) is 84.5 Å². The highest BCUT2D eigenvalue weighted by Crippen LogP contribution is 2.05. The van der Waals surface area contributed by atoms with Crippen molar-refractivity contribution >= 4 is 17.9 Å². The summed E-state index contributed by atoms with van der Waals surface area (Å²) >= 11 is 0. The van der Waals surface area contributed by atoms with E-state index in [1.165, 1.54) is 22.9 Å². The number of hydrogen-bond acceptors (Lipinski definition) is 5. The number of hydrazone groups is 1. The Kier molecular flexibility index (Phi) is 3.80. The molecule has 0 spiro atoms. The molecule has 2 aromatic heterocycles. The van der Waals surface area contributed by atoms with Gasteiger partial charge >= 0.3 is 5.91 Å². The number of aryl methyl sites for hydroxylation is 2. The number of carbonyl (C=O) groups is 1. The molecule has 0 fully saturated rings. The van der Waals surface area contributed by atoms with Gasteiger partial charge in [-0.05, 0) is 37.6 Å². The van der Waals surface area contributed by atoms with Gasteiger partial charge in [-0.25, -0.2) is 19.3 Å². The van der Waals surface area contributed by atoms with Crippen LogP contribution in [0.5, 0.6) is 0 Å². The number of aromatic nitrogens is 4. The van der Waals surface area contributed by atoms with Gasteiger partial charge in [-0.1, -0.05) is 12.1 Å². The second kappa shape index (κ2) is 5.91. The summed E-state index contributed by atoms with van der Waals surface area (Å²) in [5.41, 5.74) is 4.61. The van der Waals surface area contributed by atoms with Gasteiger partial charge in [-0.15, -0.1) is 5.10 Å². The normalized spacial score (nSPS) is 11.3. The molecular weight excluding hydrogens is 299 g/mol. The SMILES string of the molecule is Cc1cc(C)n2nc(C(=O)NN=Cc3ccc(F)cc3)nc2n1. The average molecular weight is 312 g/mol. The second-order valence-corrected chi connectivity index (χ2v) is 4.94. The average Bonchev–Trinajstić information content (AvgIpc) is 2.93. The first-order valence-electron chi connectivity index (χ1n) is 6.83. The van der Waals surface area contributed by atoms with Crippen molar-refractivity contribution < 1.29 is 9.18 Å². The van der Waals surface area contributed by atoms with Crippen molar-refractivity contribution in [1.29, 1.82) is 0 Å². The van der Waals surface area contributed by atoms with E-state index >= 15 is 0 Å². The van der Waals surface area contributed by atoms with Crippen LogP contribution in [0.4, 0.5) is 4.39 Å². The third-order valence-electron chi connectivity index (χ3n) is 3.07. The maximum atomic E-state index is 12.8. The lowest BCUT2D eigenvalue weighted by molar-refractivity contribution is 0.0945. The fourth-order valence-corrected chi connectivity index (χ4v) is 2.03. The smallest absolute Gasteiger partial charge is 0.264 e. The number of halogens is 1. The largest absolute Gasteiger partial charge is 0.311 e. The van der Waals surface area contributed by atoms with E-state index < -0.39 is 5.91 Å². The van der Waals surface area contributed by atoms with Crippen molar-refractivity contribution in [3.05, 3.63) is 58.9 Å². The Morgan fingerprint density at radius 3 is 2.74 bits per heavy atom. The van der Waals surface area contributed by atoms with Gasteiger partial charge in [0, 0.05) is 11.4 Å². The van der Waals surface area contributed by atoms with Gasteiger partial charge in [-0.3, -0.25) is 4.79 Å². The number of carbonyl (C=O) groups excluding carboxylic acids is 1. The van der Waals surface area contributed by atoms with Crippen LogP contribution < -0.4 is 5.43 Å². The van der Waals surface area contributed by atoms with Crippen molar-refractivity contribution in [2.75, 3.05) is 0 Å². The lowest BCUT2D eigenvalue weighted by Gasteiger charge is -1.97. The summed E-state index contributed by atoms with van der Waals surface area (Å²) in [6.45, 7) is 3.69. The molecule has 3 rings (SSSR count). The molecule has 8 heteroatoms. The summed E-state index contributed by atoms with van der Waals surface area (Å²) in [5, 5.41) is 7.90. The molecule has 0 radical (unpaired) electrons. The van der Waals surface area contributed by atoms with E-state index in [1.54, 1.807) is 12.1 Å². The zero-order valence-electron chi connectivity index (χ0n) is 12.5. The molecule has 0 aliphatic carbocycles. The van der Waals surface area contributed by atoms with Gasteiger partial charge in [0.25, 0.3) is 5.78 Å². The summed E-state index contributed by atoms with van der Waals surface area (Å²) in [7, 11) is 0.